The maximum Gasteiger partial charge on any atom is 0.323 e. The first-order chi connectivity index (χ1) is 19.0. The maximum atomic E-state index is 12.3. The van der Waals surface area contributed by atoms with Crippen LogP contribution in [0.3, 0.4) is 0 Å². The van der Waals surface area contributed by atoms with E-state index in [4.69, 9.17) is 24.5 Å². The van der Waals surface area contributed by atoms with Crippen LogP contribution >= 0.6 is 0 Å². The molecule has 0 spiro atoms. The van der Waals surface area contributed by atoms with Gasteiger partial charge in [-0.2, -0.15) is 15.0 Å². The number of pyridine rings is 1. The molecule has 5 rings (SSSR count). The number of nitrogens with one attached hydrogen (secondary N) is 2. The molecule has 13 heteroatoms. The topological polar surface area (TPSA) is 155 Å². The van der Waals surface area contributed by atoms with Gasteiger partial charge in [-0.05, 0) is 50.4 Å². The molecule has 1 unspecified atom stereocenters. The van der Waals surface area contributed by atoms with E-state index < -0.39 is 0 Å². The normalized spacial score (nSPS) is 17.5. The van der Waals surface area contributed by atoms with Gasteiger partial charge in [-0.25, -0.2) is 4.79 Å². The van der Waals surface area contributed by atoms with Gasteiger partial charge in [0.05, 0.1) is 13.2 Å². The van der Waals surface area contributed by atoms with Gasteiger partial charge in [0.1, 0.15) is 0 Å². The fourth-order valence-corrected chi connectivity index (χ4v) is 4.19. The summed E-state index contributed by atoms with van der Waals surface area (Å²) in [5.41, 5.74) is 6.36. The number of nitrogens with zero attached hydrogens (tertiary/aromatic N) is 7. The number of ether oxygens (including phenoxy) is 1. The molecule has 13 nitrogen and oxygen atoms in total. The van der Waals surface area contributed by atoms with E-state index in [2.05, 4.69) is 50.0 Å². The van der Waals surface area contributed by atoms with Crippen molar-refractivity contribution in [3.05, 3.63) is 48.8 Å². The molecule has 3 amide bonds. The number of hydrogen-bond donors (Lipinski definition) is 3. The van der Waals surface area contributed by atoms with Crippen molar-refractivity contribution in [2.45, 2.75) is 13.0 Å². The number of primary amides is 1. The standard InChI is InChI=1S/C25H31N9O2.CH3NO/c1-18-17-34(12-11-32(18)2)24-30-22(29-23(31-24)33-13-15-36-16-14-33)19-3-5-20(6-4-19)27-25(35)28-21-7-9-26-10-8-21;2-1-3/h3-10,18H,11-17H2,1-2H3,(H2,26,27,28,35);1H,(H2,2,3). The number of morpholine rings is 1. The van der Waals surface area contributed by atoms with E-state index in [1.807, 2.05) is 24.3 Å². The average molecular weight is 535 g/mol. The van der Waals surface area contributed by atoms with Crippen molar-refractivity contribution in [2.24, 2.45) is 5.73 Å². The monoisotopic (exact) mass is 534 g/mol. The predicted molar refractivity (Wildman–Crippen MR) is 150 cm³/mol. The summed E-state index contributed by atoms with van der Waals surface area (Å²) in [6, 6.07) is 11.1. The Labute approximate surface area is 227 Å². The molecule has 3 aromatic rings. The van der Waals surface area contributed by atoms with Gasteiger partial charge in [0.2, 0.25) is 18.3 Å². The zero-order valence-corrected chi connectivity index (χ0v) is 22.2. The van der Waals surface area contributed by atoms with Crippen LogP contribution in [0.5, 0.6) is 0 Å². The Morgan fingerprint density at radius 3 is 2.13 bits per heavy atom. The molecule has 1 aromatic carbocycles. The van der Waals surface area contributed by atoms with Crippen LogP contribution in [-0.2, 0) is 9.53 Å². The van der Waals surface area contributed by atoms with Crippen molar-refractivity contribution < 1.29 is 14.3 Å². The number of rotatable bonds is 5. The zero-order valence-electron chi connectivity index (χ0n) is 22.2. The van der Waals surface area contributed by atoms with Crippen molar-refractivity contribution in [1.82, 2.24) is 24.8 Å². The fourth-order valence-electron chi connectivity index (χ4n) is 4.19. The number of aromatic nitrogens is 4. The number of benzene rings is 1. The number of piperazine rings is 1. The molecule has 2 aliphatic rings. The second-order valence-corrected chi connectivity index (χ2v) is 9.16. The highest BCUT2D eigenvalue weighted by molar-refractivity contribution is 5.99. The number of nitrogens with two attached hydrogens (primary N) is 1. The van der Waals surface area contributed by atoms with E-state index in [-0.39, 0.29) is 12.4 Å². The fraction of sp³-hybridized carbons (Fsp3) is 0.385. The molecule has 2 aromatic heterocycles. The third-order valence-corrected chi connectivity index (χ3v) is 6.49. The molecule has 0 radical (unpaired) electrons. The van der Waals surface area contributed by atoms with Crippen LogP contribution in [0.25, 0.3) is 11.4 Å². The van der Waals surface area contributed by atoms with Gasteiger partial charge in [-0.1, -0.05) is 0 Å². The van der Waals surface area contributed by atoms with Crippen molar-refractivity contribution in [3.8, 4) is 11.4 Å². The van der Waals surface area contributed by atoms with E-state index in [9.17, 15) is 4.79 Å². The first kappa shape index (κ1) is 27.7. The lowest BCUT2D eigenvalue weighted by Crippen LogP contribution is -2.50. The van der Waals surface area contributed by atoms with Gasteiger partial charge in [0, 0.05) is 68.1 Å². The molecule has 0 bridgehead atoms. The van der Waals surface area contributed by atoms with Crippen LogP contribution in [-0.4, -0.2) is 96.3 Å². The number of anilines is 4. The summed E-state index contributed by atoms with van der Waals surface area (Å²) in [5, 5.41) is 5.63. The van der Waals surface area contributed by atoms with E-state index in [0.29, 0.717) is 48.4 Å². The van der Waals surface area contributed by atoms with Crippen LogP contribution in [0.15, 0.2) is 48.8 Å². The van der Waals surface area contributed by atoms with Gasteiger partial charge in [0.25, 0.3) is 0 Å². The Morgan fingerprint density at radius 1 is 0.923 bits per heavy atom. The van der Waals surface area contributed by atoms with Gasteiger partial charge in [-0.15, -0.1) is 0 Å². The first-order valence-corrected chi connectivity index (χ1v) is 12.7. The third kappa shape index (κ3) is 7.58. The largest absolute Gasteiger partial charge is 0.378 e. The number of hydrogen-bond acceptors (Lipinski definition) is 10. The van der Waals surface area contributed by atoms with Crippen LogP contribution in [0.2, 0.25) is 0 Å². The minimum atomic E-state index is -0.324. The van der Waals surface area contributed by atoms with E-state index >= 15 is 0 Å². The number of likely N-dealkylation sites (N-methyl/N-ethyl adjacent to an activating group) is 1. The lowest BCUT2D eigenvalue weighted by Gasteiger charge is -2.38. The smallest absolute Gasteiger partial charge is 0.323 e. The molecule has 1 atom stereocenters. The summed E-state index contributed by atoms with van der Waals surface area (Å²) in [6.07, 6.45) is 3.50. The molecule has 4 N–H and O–H groups in total. The summed E-state index contributed by atoms with van der Waals surface area (Å²) in [5.74, 6) is 1.98. The second kappa shape index (κ2) is 13.4. The van der Waals surface area contributed by atoms with E-state index in [1.54, 1.807) is 24.5 Å². The highest BCUT2D eigenvalue weighted by atomic mass is 16.5. The molecule has 0 aliphatic carbocycles. The number of carbonyl (C=O) groups excluding carboxylic acids is 2. The Hall–Kier alpha value is -4.36. The van der Waals surface area contributed by atoms with Crippen LogP contribution in [0.4, 0.5) is 28.1 Å². The SMILES string of the molecule is CC1CN(c2nc(-c3ccc(NC(=O)Nc4ccncc4)cc3)nc(N3CCOCC3)n2)CCN1C.NC=O. The summed E-state index contributed by atoms with van der Waals surface area (Å²) < 4.78 is 5.52. The van der Waals surface area contributed by atoms with Gasteiger partial charge in [0.15, 0.2) is 5.82 Å². The summed E-state index contributed by atoms with van der Waals surface area (Å²) in [7, 11) is 2.15. The highest BCUT2D eigenvalue weighted by Gasteiger charge is 2.25. The Kier molecular flexibility index (Phi) is 9.53. The number of urea groups is 1. The quantitative estimate of drug-likeness (QED) is 0.412. The van der Waals surface area contributed by atoms with Gasteiger partial charge < -0.3 is 35.8 Å². The average Bonchev–Trinajstić information content (AvgIpc) is 2.96. The van der Waals surface area contributed by atoms with Crippen LogP contribution < -0.4 is 26.2 Å². The molecule has 0 saturated carbocycles. The molecule has 39 heavy (non-hydrogen) atoms. The lowest BCUT2D eigenvalue weighted by molar-refractivity contribution is -0.106. The van der Waals surface area contributed by atoms with Crippen LogP contribution in [0, 0.1) is 0 Å². The Morgan fingerprint density at radius 2 is 1.51 bits per heavy atom. The van der Waals surface area contributed by atoms with Crippen LogP contribution in [0.1, 0.15) is 6.92 Å². The second-order valence-electron chi connectivity index (χ2n) is 9.16. The molecule has 2 saturated heterocycles. The highest BCUT2D eigenvalue weighted by Crippen LogP contribution is 2.25. The predicted octanol–water partition coefficient (Wildman–Crippen LogP) is 1.66. The summed E-state index contributed by atoms with van der Waals surface area (Å²) in [6.45, 7) is 7.70. The number of carbonyl (C=O) groups is 2. The first-order valence-electron chi connectivity index (χ1n) is 12.7. The van der Waals surface area contributed by atoms with E-state index in [1.165, 1.54) is 0 Å². The lowest BCUT2D eigenvalue weighted by atomic mass is 10.2. The summed E-state index contributed by atoms with van der Waals surface area (Å²) >= 11 is 0. The summed E-state index contributed by atoms with van der Waals surface area (Å²) in [4.78, 5) is 46.1. The van der Waals surface area contributed by atoms with Crippen molar-refractivity contribution in [1.29, 1.82) is 0 Å². The molecule has 4 heterocycles. The Balaban J connectivity index is 0.00000112. The Bertz CT molecular complexity index is 1220. The molecule has 2 aliphatic heterocycles. The molecular weight excluding hydrogens is 500 g/mol. The van der Waals surface area contributed by atoms with Gasteiger partial charge >= 0.3 is 6.03 Å². The molecule has 206 valence electrons. The van der Waals surface area contributed by atoms with Crippen molar-refractivity contribution >= 4 is 35.7 Å². The van der Waals surface area contributed by atoms with E-state index in [0.717, 1.165) is 38.3 Å². The third-order valence-electron chi connectivity index (χ3n) is 6.49. The maximum absolute atomic E-state index is 12.3. The zero-order chi connectivity index (χ0) is 27.6. The molecular formula is C26H34N10O3. The number of amides is 3. The van der Waals surface area contributed by atoms with Crippen molar-refractivity contribution in [3.63, 3.8) is 0 Å². The van der Waals surface area contributed by atoms with Crippen molar-refractivity contribution in [2.75, 3.05) is 73.4 Å². The minimum absolute atomic E-state index is 0.250. The molecule has 2 fully saturated rings. The van der Waals surface area contributed by atoms with Gasteiger partial charge in [-0.3, -0.25) is 9.78 Å². The minimum Gasteiger partial charge on any atom is -0.378 e.